The van der Waals surface area contributed by atoms with E-state index in [-0.39, 0.29) is 12.6 Å². The van der Waals surface area contributed by atoms with Crippen LogP contribution in [0.4, 0.5) is 11.4 Å². The van der Waals surface area contributed by atoms with Crippen LogP contribution in [0.25, 0.3) is 0 Å². The van der Waals surface area contributed by atoms with E-state index in [1.54, 1.807) is 13.2 Å². The molecule has 0 aliphatic carbocycles. The van der Waals surface area contributed by atoms with Crippen molar-refractivity contribution in [1.29, 1.82) is 0 Å². The number of nitrogen functional groups attached to an aromatic ring is 1. The zero-order chi connectivity index (χ0) is 12.1. The van der Waals surface area contributed by atoms with E-state index in [0.29, 0.717) is 17.4 Å². The summed E-state index contributed by atoms with van der Waals surface area (Å²) in [7, 11) is 1.58. The summed E-state index contributed by atoms with van der Waals surface area (Å²) in [5.74, 6) is 0.999. The highest BCUT2D eigenvalue weighted by molar-refractivity contribution is 5.61. The molecule has 1 atom stereocenters. The lowest BCUT2D eigenvalue weighted by Crippen LogP contribution is -2.29. The molecule has 1 rings (SSSR count). The molecule has 4 N–H and O–H groups in total. The Bertz CT molecular complexity index is 340. The van der Waals surface area contributed by atoms with Crippen LogP contribution < -0.4 is 15.8 Å². The van der Waals surface area contributed by atoms with Crippen molar-refractivity contribution in [2.45, 2.75) is 19.9 Å². The van der Waals surface area contributed by atoms with Gasteiger partial charge in [0.1, 0.15) is 5.75 Å². The molecule has 0 saturated carbocycles. The van der Waals surface area contributed by atoms with Crippen molar-refractivity contribution in [3.63, 3.8) is 0 Å². The first kappa shape index (κ1) is 12.6. The Morgan fingerprint density at radius 2 is 2.12 bits per heavy atom. The van der Waals surface area contributed by atoms with Crippen LogP contribution in [0.15, 0.2) is 18.2 Å². The fourth-order valence-electron chi connectivity index (χ4n) is 1.44. The van der Waals surface area contributed by atoms with Gasteiger partial charge in [-0.3, -0.25) is 0 Å². The molecule has 4 heteroatoms. The maximum absolute atomic E-state index is 9.22. The zero-order valence-electron chi connectivity index (χ0n) is 10.0. The summed E-state index contributed by atoms with van der Waals surface area (Å²) < 4.78 is 5.13. The molecule has 0 spiro atoms. The molecule has 0 fully saturated rings. The average molecular weight is 224 g/mol. The second-order valence-corrected chi connectivity index (χ2v) is 4.13. The highest BCUT2D eigenvalue weighted by Gasteiger charge is 2.12. The molecule has 0 heterocycles. The number of nitrogens with one attached hydrogen (secondary N) is 1. The van der Waals surface area contributed by atoms with Crippen LogP contribution in [0, 0.1) is 5.92 Å². The van der Waals surface area contributed by atoms with Gasteiger partial charge in [0, 0.05) is 11.8 Å². The molecule has 0 bridgehead atoms. The molecule has 4 nitrogen and oxygen atoms in total. The number of aliphatic hydroxyl groups is 1. The Morgan fingerprint density at radius 1 is 1.44 bits per heavy atom. The quantitative estimate of drug-likeness (QED) is 0.666. The van der Waals surface area contributed by atoms with Crippen LogP contribution in [-0.2, 0) is 0 Å². The van der Waals surface area contributed by atoms with Crippen LogP contribution in [0.5, 0.6) is 5.75 Å². The van der Waals surface area contributed by atoms with Crippen molar-refractivity contribution in [3.05, 3.63) is 18.2 Å². The van der Waals surface area contributed by atoms with E-state index in [0.717, 1.165) is 5.69 Å². The first-order valence-corrected chi connectivity index (χ1v) is 5.39. The largest absolute Gasteiger partial charge is 0.495 e. The maximum Gasteiger partial charge on any atom is 0.143 e. The highest BCUT2D eigenvalue weighted by Crippen LogP contribution is 2.25. The molecule has 0 radical (unpaired) electrons. The normalized spacial score (nSPS) is 12.6. The van der Waals surface area contributed by atoms with Crippen molar-refractivity contribution < 1.29 is 9.84 Å². The van der Waals surface area contributed by atoms with Crippen molar-refractivity contribution in [2.75, 3.05) is 24.8 Å². The summed E-state index contributed by atoms with van der Waals surface area (Å²) in [6, 6.07) is 5.53. The third-order valence-electron chi connectivity index (χ3n) is 2.59. The van der Waals surface area contributed by atoms with E-state index in [1.165, 1.54) is 0 Å². The van der Waals surface area contributed by atoms with Crippen molar-refractivity contribution in [1.82, 2.24) is 0 Å². The monoisotopic (exact) mass is 224 g/mol. The van der Waals surface area contributed by atoms with E-state index in [1.807, 2.05) is 12.1 Å². The number of nitrogens with two attached hydrogens (primary N) is 1. The molecular weight excluding hydrogens is 204 g/mol. The van der Waals surface area contributed by atoms with E-state index >= 15 is 0 Å². The molecule has 16 heavy (non-hydrogen) atoms. The second kappa shape index (κ2) is 5.61. The number of benzene rings is 1. The number of aliphatic hydroxyl groups excluding tert-OH is 1. The fourth-order valence-corrected chi connectivity index (χ4v) is 1.44. The Balaban J connectivity index is 2.80. The summed E-state index contributed by atoms with van der Waals surface area (Å²) in [6.07, 6.45) is 0. The van der Waals surface area contributed by atoms with E-state index in [4.69, 9.17) is 10.5 Å². The van der Waals surface area contributed by atoms with Crippen molar-refractivity contribution in [3.8, 4) is 5.75 Å². The summed E-state index contributed by atoms with van der Waals surface area (Å²) >= 11 is 0. The molecule has 0 unspecified atom stereocenters. The minimum Gasteiger partial charge on any atom is -0.495 e. The van der Waals surface area contributed by atoms with Crippen molar-refractivity contribution >= 4 is 11.4 Å². The predicted octanol–water partition coefficient (Wildman–Crippen LogP) is 1.71. The topological polar surface area (TPSA) is 67.5 Å². The number of hydrogen-bond donors (Lipinski definition) is 3. The predicted molar refractivity (Wildman–Crippen MR) is 66.7 cm³/mol. The number of hydrogen-bond acceptors (Lipinski definition) is 4. The molecule has 1 aromatic rings. The highest BCUT2D eigenvalue weighted by atomic mass is 16.5. The lowest BCUT2D eigenvalue weighted by atomic mass is 10.1. The van der Waals surface area contributed by atoms with Gasteiger partial charge >= 0.3 is 0 Å². The molecule has 0 aliphatic heterocycles. The van der Waals surface area contributed by atoms with Crippen LogP contribution in [0.3, 0.4) is 0 Å². The van der Waals surface area contributed by atoms with Crippen LogP contribution >= 0.6 is 0 Å². The number of rotatable bonds is 5. The maximum atomic E-state index is 9.22. The summed E-state index contributed by atoms with van der Waals surface area (Å²) in [5.41, 5.74) is 7.23. The minimum absolute atomic E-state index is 0.0355. The SMILES string of the molecule is COc1cc(N[C@H](CO)C(C)C)ccc1N. The molecule has 0 saturated heterocycles. The smallest absolute Gasteiger partial charge is 0.143 e. The molecule has 1 aromatic carbocycles. The Morgan fingerprint density at radius 3 is 2.62 bits per heavy atom. The van der Waals surface area contributed by atoms with Gasteiger partial charge in [0.2, 0.25) is 0 Å². The fraction of sp³-hybridized carbons (Fsp3) is 0.500. The van der Waals surface area contributed by atoms with Crippen molar-refractivity contribution in [2.24, 2.45) is 5.92 Å². The molecule has 0 aromatic heterocycles. The van der Waals surface area contributed by atoms with Gasteiger partial charge in [-0.05, 0) is 18.1 Å². The second-order valence-electron chi connectivity index (χ2n) is 4.13. The minimum atomic E-state index is 0.0355. The summed E-state index contributed by atoms with van der Waals surface area (Å²) in [5, 5.41) is 12.5. The standard InChI is InChI=1S/C12H20N2O2/c1-8(2)11(7-15)14-9-4-5-10(13)12(6-9)16-3/h4-6,8,11,14-15H,7,13H2,1-3H3/t11-/m1/s1. The van der Waals surface area contributed by atoms with Gasteiger partial charge in [-0.1, -0.05) is 13.8 Å². The van der Waals surface area contributed by atoms with Gasteiger partial charge in [-0.2, -0.15) is 0 Å². The van der Waals surface area contributed by atoms with E-state index in [2.05, 4.69) is 19.2 Å². The summed E-state index contributed by atoms with van der Waals surface area (Å²) in [4.78, 5) is 0. The molecule has 0 amide bonds. The van der Waals surface area contributed by atoms with E-state index < -0.39 is 0 Å². The Labute approximate surface area is 96.4 Å². The van der Waals surface area contributed by atoms with Gasteiger partial charge in [0.25, 0.3) is 0 Å². The lowest BCUT2D eigenvalue weighted by Gasteiger charge is -2.21. The molecule has 90 valence electrons. The molecule has 0 aliphatic rings. The van der Waals surface area contributed by atoms with Crippen LogP contribution in [-0.4, -0.2) is 24.9 Å². The van der Waals surface area contributed by atoms with Gasteiger partial charge in [0.05, 0.1) is 25.4 Å². The Hall–Kier alpha value is -1.42. The van der Waals surface area contributed by atoms with E-state index in [9.17, 15) is 5.11 Å². The number of anilines is 2. The first-order chi connectivity index (χ1) is 7.58. The van der Waals surface area contributed by atoms with Gasteiger partial charge in [-0.25, -0.2) is 0 Å². The van der Waals surface area contributed by atoms with Gasteiger partial charge in [-0.15, -0.1) is 0 Å². The Kier molecular flexibility index (Phi) is 4.43. The zero-order valence-corrected chi connectivity index (χ0v) is 10.0. The van der Waals surface area contributed by atoms with Gasteiger partial charge in [0.15, 0.2) is 0 Å². The molecular formula is C12H20N2O2. The lowest BCUT2D eigenvalue weighted by molar-refractivity contribution is 0.249. The van der Waals surface area contributed by atoms with Crippen LogP contribution in [0.1, 0.15) is 13.8 Å². The van der Waals surface area contributed by atoms with Crippen LogP contribution in [0.2, 0.25) is 0 Å². The number of methoxy groups -OCH3 is 1. The van der Waals surface area contributed by atoms with Gasteiger partial charge < -0.3 is 20.9 Å². The first-order valence-electron chi connectivity index (χ1n) is 5.39. The third-order valence-corrected chi connectivity index (χ3v) is 2.59. The third kappa shape index (κ3) is 3.03. The number of ether oxygens (including phenoxy) is 1. The summed E-state index contributed by atoms with van der Waals surface area (Å²) in [6.45, 7) is 4.22. The average Bonchev–Trinajstić information content (AvgIpc) is 2.27.